The summed E-state index contributed by atoms with van der Waals surface area (Å²) in [5.41, 5.74) is 1.55. The van der Waals surface area contributed by atoms with Gasteiger partial charge in [-0.05, 0) is 23.8 Å². The molecular weight excluding hydrogens is 276 g/mol. The van der Waals surface area contributed by atoms with E-state index in [2.05, 4.69) is 16.6 Å². The molecule has 2 aromatic carbocycles. The summed E-state index contributed by atoms with van der Waals surface area (Å²) in [6.07, 6.45) is 5.43. The predicted molar refractivity (Wildman–Crippen MR) is 86.4 cm³/mol. The van der Waals surface area contributed by atoms with Crippen LogP contribution in [0.15, 0.2) is 48.5 Å². The van der Waals surface area contributed by atoms with Crippen LogP contribution in [-0.2, 0) is 16.8 Å². The Morgan fingerprint density at radius 2 is 1.91 bits per heavy atom. The Morgan fingerprint density at radius 1 is 1.18 bits per heavy atom. The fourth-order valence-electron chi connectivity index (χ4n) is 2.67. The molecule has 0 fully saturated rings. The Balaban J connectivity index is 1.83. The Kier molecular flexibility index (Phi) is 3.58. The zero-order chi connectivity index (χ0) is 15.6. The van der Waals surface area contributed by atoms with Gasteiger partial charge in [0.15, 0.2) is 5.60 Å². The molecule has 0 radical (unpaired) electrons. The van der Waals surface area contributed by atoms with Gasteiger partial charge in [-0.15, -0.1) is 6.42 Å². The lowest BCUT2D eigenvalue weighted by atomic mass is 9.88. The molecule has 2 aromatic rings. The third kappa shape index (κ3) is 2.43. The highest BCUT2D eigenvalue weighted by Gasteiger charge is 2.44. The van der Waals surface area contributed by atoms with Crippen LogP contribution in [0.3, 0.4) is 0 Å². The summed E-state index contributed by atoms with van der Waals surface area (Å²) >= 11 is 0. The third-order valence-corrected chi connectivity index (χ3v) is 3.80. The highest BCUT2D eigenvalue weighted by Crippen LogP contribution is 2.38. The molecule has 0 bridgehead atoms. The number of amides is 1. The van der Waals surface area contributed by atoms with E-state index < -0.39 is 5.60 Å². The standard InChI is InChI=1S/C18H16N2O2/c1-2-11-19-14-9-7-13(8-10-14)12-18(22)15-5-3-4-6-16(15)20-17(18)21/h1,3-10,19,22H,11-12H2,(H,20,21). The number of benzene rings is 2. The van der Waals surface area contributed by atoms with E-state index in [-0.39, 0.29) is 12.3 Å². The lowest BCUT2D eigenvalue weighted by Crippen LogP contribution is -2.36. The number of anilines is 2. The molecule has 0 saturated carbocycles. The summed E-state index contributed by atoms with van der Waals surface area (Å²) in [4.78, 5) is 12.2. The van der Waals surface area contributed by atoms with Crippen LogP contribution in [0.4, 0.5) is 11.4 Å². The van der Waals surface area contributed by atoms with Crippen molar-refractivity contribution in [1.29, 1.82) is 0 Å². The van der Waals surface area contributed by atoms with Crippen LogP contribution in [0.25, 0.3) is 0 Å². The van der Waals surface area contributed by atoms with Crippen molar-refractivity contribution in [2.24, 2.45) is 0 Å². The van der Waals surface area contributed by atoms with Crippen molar-refractivity contribution in [3.05, 3.63) is 59.7 Å². The number of carbonyl (C=O) groups is 1. The van der Waals surface area contributed by atoms with Crippen molar-refractivity contribution < 1.29 is 9.90 Å². The maximum atomic E-state index is 12.2. The van der Waals surface area contributed by atoms with Gasteiger partial charge in [-0.1, -0.05) is 36.3 Å². The summed E-state index contributed by atoms with van der Waals surface area (Å²) < 4.78 is 0. The number of fused-ring (bicyclic) bond motifs is 1. The number of nitrogens with one attached hydrogen (secondary N) is 2. The fourth-order valence-corrected chi connectivity index (χ4v) is 2.67. The molecule has 1 amide bonds. The molecule has 0 aromatic heterocycles. The normalized spacial score (nSPS) is 19.2. The van der Waals surface area contributed by atoms with Gasteiger partial charge >= 0.3 is 0 Å². The summed E-state index contributed by atoms with van der Waals surface area (Å²) in [6.45, 7) is 0.457. The number of hydrogen-bond donors (Lipinski definition) is 3. The maximum absolute atomic E-state index is 12.2. The number of terminal acetylenes is 1. The molecule has 1 aliphatic rings. The van der Waals surface area contributed by atoms with Crippen molar-refractivity contribution in [1.82, 2.24) is 0 Å². The van der Waals surface area contributed by atoms with Crippen molar-refractivity contribution in [3.63, 3.8) is 0 Å². The Hall–Kier alpha value is -2.77. The van der Waals surface area contributed by atoms with Crippen molar-refractivity contribution in [2.75, 3.05) is 17.2 Å². The van der Waals surface area contributed by atoms with Gasteiger partial charge in [-0.2, -0.15) is 0 Å². The molecular formula is C18H16N2O2. The second-order valence-electron chi connectivity index (χ2n) is 5.29. The second-order valence-corrected chi connectivity index (χ2v) is 5.29. The Labute approximate surface area is 129 Å². The number of carbonyl (C=O) groups excluding carboxylic acids is 1. The Bertz CT molecular complexity index is 746. The molecule has 3 rings (SSSR count). The molecule has 22 heavy (non-hydrogen) atoms. The minimum Gasteiger partial charge on any atom is -0.375 e. The highest BCUT2D eigenvalue weighted by atomic mass is 16.3. The minimum atomic E-state index is -1.52. The summed E-state index contributed by atoms with van der Waals surface area (Å²) in [6, 6.07) is 14.7. The third-order valence-electron chi connectivity index (χ3n) is 3.80. The van der Waals surface area contributed by atoms with Crippen LogP contribution in [0, 0.1) is 12.3 Å². The number of aliphatic hydroxyl groups is 1. The molecule has 4 nitrogen and oxygen atoms in total. The average Bonchev–Trinajstić information content (AvgIpc) is 2.78. The van der Waals surface area contributed by atoms with E-state index in [9.17, 15) is 9.90 Å². The lowest BCUT2D eigenvalue weighted by Gasteiger charge is -2.21. The maximum Gasteiger partial charge on any atom is 0.261 e. The molecule has 1 heterocycles. The van der Waals surface area contributed by atoms with Gasteiger partial charge < -0.3 is 15.7 Å². The zero-order valence-electron chi connectivity index (χ0n) is 12.0. The van der Waals surface area contributed by atoms with Crippen molar-refractivity contribution in [2.45, 2.75) is 12.0 Å². The predicted octanol–water partition coefficient (Wildman–Crippen LogP) is 2.11. The first kappa shape index (κ1) is 14.2. The van der Waals surface area contributed by atoms with E-state index in [1.807, 2.05) is 36.4 Å². The molecule has 110 valence electrons. The molecule has 1 atom stereocenters. The molecule has 1 unspecified atom stereocenters. The zero-order valence-corrected chi connectivity index (χ0v) is 12.0. The minimum absolute atomic E-state index is 0.227. The number of hydrogen-bond acceptors (Lipinski definition) is 3. The first-order valence-corrected chi connectivity index (χ1v) is 7.03. The van der Waals surface area contributed by atoms with Crippen LogP contribution < -0.4 is 10.6 Å². The van der Waals surface area contributed by atoms with Gasteiger partial charge in [0.2, 0.25) is 0 Å². The van der Waals surface area contributed by atoms with Crippen LogP contribution in [0.5, 0.6) is 0 Å². The van der Waals surface area contributed by atoms with Gasteiger partial charge in [0, 0.05) is 23.4 Å². The number of rotatable bonds is 4. The van der Waals surface area contributed by atoms with Crippen molar-refractivity contribution >= 4 is 17.3 Å². The van der Waals surface area contributed by atoms with Crippen LogP contribution in [0.2, 0.25) is 0 Å². The molecule has 0 spiro atoms. The highest BCUT2D eigenvalue weighted by molar-refractivity contribution is 6.05. The van der Waals surface area contributed by atoms with E-state index in [1.165, 1.54) is 0 Å². The van der Waals surface area contributed by atoms with E-state index in [0.717, 1.165) is 11.3 Å². The van der Waals surface area contributed by atoms with Crippen LogP contribution in [0.1, 0.15) is 11.1 Å². The van der Waals surface area contributed by atoms with Gasteiger partial charge in [-0.25, -0.2) is 0 Å². The van der Waals surface area contributed by atoms with Gasteiger partial charge in [0.1, 0.15) is 0 Å². The molecule has 0 saturated heterocycles. The van der Waals surface area contributed by atoms with E-state index >= 15 is 0 Å². The second kappa shape index (κ2) is 5.55. The largest absolute Gasteiger partial charge is 0.375 e. The van der Waals surface area contributed by atoms with Gasteiger partial charge in [-0.3, -0.25) is 4.79 Å². The van der Waals surface area contributed by atoms with Gasteiger partial charge in [0.25, 0.3) is 5.91 Å². The van der Waals surface area contributed by atoms with Crippen LogP contribution >= 0.6 is 0 Å². The van der Waals surface area contributed by atoms with E-state index in [1.54, 1.807) is 12.1 Å². The SMILES string of the molecule is C#CCNc1ccc(CC2(O)C(=O)Nc3ccccc32)cc1. The molecule has 4 heteroatoms. The summed E-state index contributed by atoms with van der Waals surface area (Å²) in [5, 5.41) is 16.6. The van der Waals surface area contributed by atoms with E-state index in [0.29, 0.717) is 17.8 Å². The first-order chi connectivity index (χ1) is 10.6. The number of para-hydroxylation sites is 1. The molecule has 0 aliphatic carbocycles. The summed E-state index contributed by atoms with van der Waals surface area (Å²) in [7, 11) is 0. The molecule has 1 aliphatic heterocycles. The average molecular weight is 292 g/mol. The fraction of sp³-hybridized carbons (Fsp3) is 0.167. The monoisotopic (exact) mass is 292 g/mol. The topological polar surface area (TPSA) is 61.4 Å². The smallest absolute Gasteiger partial charge is 0.261 e. The quantitative estimate of drug-likeness (QED) is 0.756. The molecule has 3 N–H and O–H groups in total. The van der Waals surface area contributed by atoms with Gasteiger partial charge in [0.05, 0.1) is 6.54 Å². The van der Waals surface area contributed by atoms with Crippen LogP contribution in [-0.4, -0.2) is 17.6 Å². The first-order valence-electron chi connectivity index (χ1n) is 7.03. The van der Waals surface area contributed by atoms with E-state index in [4.69, 9.17) is 6.42 Å². The van der Waals surface area contributed by atoms with Crippen molar-refractivity contribution in [3.8, 4) is 12.3 Å². The summed E-state index contributed by atoms with van der Waals surface area (Å²) in [5.74, 6) is 2.12. The Morgan fingerprint density at radius 3 is 2.64 bits per heavy atom. The lowest BCUT2D eigenvalue weighted by molar-refractivity contribution is -0.133.